The number of thiocarbonyl (C=S) groups is 1. The first-order chi connectivity index (χ1) is 4.26. The van der Waals surface area contributed by atoms with Gasteiger partial charge in [-0.15, -0.1) is 5.73 Å². The molecule has 0 aromatic rings. The lowest BCUT2D eigenvalue weighted by Gasteiger charge is -1.93. The van der Waals surface area contributed by atoms with Crippen molar-refractivity contribution in [3.63, 3.8) is 0 Å². The molecule has 0 heterocycles. The van der Waals surface area contributed by atoms with E-state index in [1.54, 1.807) is 0 Å². The van der Waals surface area contributed by atoms with Crippen molar-refractivity contribution >= 4 is 17.2 Å². The minimum absolute atomic E-state index is 0.915. The van der Waals surface area contributed by atoms with Gasteiger partial charge in [0.15, 0.2) is 0 Å². The van der Waals surface area contributed by atoms with Crippen LogP contribution >= 0.6 is 12.2 Å². The average Bonchev–Trinajstić information content (AvgIpc) is 1.90. The predicted octanol–water partition coefficient (Wildman–Crippen LogP) is 2.65. The van der Waals surface area contributed by atoms with Crippen LogP contribution in [0.3, 0.4) is 0 Å². The maximum Gasteiger partial charge on any atom is 0.0159 e. The van der Waals surface area contributed by atoms with Gasteiger partial charge in [0.25, 0.3) is 0 Å². The molecule has 0 rings (SSSR count). The smallest absolute Gasteiger partial charge is 0.0159 e. The zero-order chi connectivity index (χ0) is 7.28. The average molecular weight is 138 g/mol. The normalized spacial score (nSPS) is 7.33. The van der Waals surface area contributed by atoms with Gasteiger partial charge in [-0.3, -0.25) is 0 Å². The number of allylic oxidation sites excluding steroid dienone is 2. The standard InChI is InChI=1S/C8H10S/c1-4-7(3)8(5-2)6-9/h1,5H2,2-3H3. The van der Waals surface area contributed by atoms with E-state index in [1.165, 1.54) is 0 Å². The topological polar surface area (TPSA) is 0 Å². The maximum atomic E-state index is 4.64. The summed E-state index contributed by atoms with van der Waals surface area (Å²) in [7, 11) is 0. The lowest BCUT2D eigenvalue weighted by molar-refractivity contribution is 1.13. The molecule has 0 aliphatic heterocycles. The predicted molar refractivity (Wildman–Crippen MR) is 44.7 cm³/mol. The molecule has 0 radical (unpaired) electrons. The van der Waals surface area contributed by atoms with Crippen LogP contribution in [0.2, 0.25) is 0 Å². The van der Waals surface area contributed by atoms with E-state index in [2.05, 4.69) is 29.6 Å². The summed E-state index contributed by atoms with van der Waals surface area (Å²) in [6.45, 7) is 7.48. The van der Waals surface area contributed by atoms with E-state index in [1.807, 2.05) is 13.8 Å². The van der Waals surface area contributed by atoms with Gasteiger partial charge < -0.3 is 0 Å². The monoisotopic (exact) mass is 138 g/mol. The molecule has 9 heavy (non-hydrogen) atoms. The summed E-state index contributed by atoms with van der Waals surface area (Å²) in [6, 6.07) is 0. The highest BCUT2D eigenvalue weighted by Gasteiger charge is 1.91. The zero-order valence-corrected chi connectivity index (χ0v) is 6.64. The number of hydrogen-bond acceptors (Lipinski definition) is 1. The summed E-state index contributed by atoms with van der Waals surface area (Å²) in [6.07, 6.45) is 0.915. The molecule has 0 amide bonds. The van der Waals surface area contributed by atoms with E-state index in [4.69, 9.17) is 0 Å². The zero-order valence-electron chi connectivity index (χ0n) is 5.82. The Morgan fingerprint density at radius 3 is 2.33 bits per heavy atom. The highest BCUT2D eigenvalue weighted by atomic mass is 32.1. The molecular formula is C8H10S. The second kappa shape index (κ2) is 4.29. The highest BCUT2D eigenvalue weighted by molar-refractivity contribution is 7.78. The highest BCUT2D eigenvalue weighted by Crippen LogP contribution is 2.06. The second-order valence-corrected chi connectivity index (χ2v) is 1.94. The largest absolute Gasteiger partial charge is 0.125 e. The molecule has 1 heteroatoms. The Bertz CT molecular complexity index is 189. The van der Waals surface area contributed by atoms with Crippen LogP contribution in [-0.2, 0) is 0 Å². The molecule has 0 N–H and O–H groups in total. The van der Waals surface area contributed by atoms with Crippen molar-refractivity contribution in [3.05, 3.63) is 23.5 Å². The molecule has 0 spiro atoms. The Balaban J connectivity index is 4.53. The van der Waals surface area contributed by atoms with Gasteiger partial charge in [-0.05, 0) is 30.6 Å². The number of hydrogen-bond donors (Lipinski definition) is 0. The fraction of sp³-hybridized carbons (Fsp3) is 0.375. The molecule has 0 nitrogen and oxygen atoms in total. The van der Waals surface area contributed by atoms with Crippen LogP contribution in [0.15, 0.2) is 23.5 Å². The Morgan fingerprint density at radius 2 is 2.22 bits per heavy atom. The minimum atomic E-state index is 0.915. The molecule has 0 aliphatic rings. The van der Waals surface area contributed by atoms with Gasteiger partial charge in [0.2, 0.25) is 0 Å². The molecule has 0 aromatic carbocycles. The van der Waals surface area contributed by atoms with Crippen molar-refractivity contribution in [3.8, 4) is 0 Å². The van der Waals surface area contributed by atoms with Crippen LogP contribution in [-0.4, -0.2) is 5.02 Å². The van der Waals surface area contributed by atoms with Crippen LogP contribution in [0.1, 0.15) is 20.3 Å². The van der Waals surface area contributed by atoms with Gasteiger partial charge in [-0.25, -0.2) is 0 Å². The van der Waals surface area contributed by atoms with E-state index in [0.29, 0.717) is 0 Å². The van der Waals surface area contributed by atoms with Crippen molar-refractivity contribution in [1.82, 2.24) is 0 Å². The van der Waals surface area contributed by atoms with Gasteiger partial charge in [-0.2, -0.15) is 0 Å². The lowest BCUT2D eigenvalue weighted by atomic mass is 10.1. The van der Waals surface area contributed by atoms with Crippen LogP contribution in [0.25, 0.3) is 0 Å². The second-order valence-electron chi connectivity index (χ2n) is 1.74. The SMILES string of the molecule is C=C=C(C)C(=C=S)CC. The maximum absolute atomic E-state index is 4.64. The summed E-state index contributed by atoms with van der Waals surface area (Å²) >= 11 is 4.64. The fourth-order valence-electron chi connectivity index (χ4n) is 0.521. The molecule has 0 fully saturated rings. The third-order valence-electron chi connectivity index (χ3n) is 1.19. The lowest BCUT2D eigenvalue weighted by Crippen LogP contribution is -1.80. The van der Waals surface area contributed by atoms with Gasteiger partial charge in [-0.1, -0.05) is 13.5 Å². The van der Waals surface area contributed by atoms with Crippen molar-refractivity contribution in [2.75, 3.05) is 0 Å². The Morgan fingerprint density at radius 1 is 1.67 bits per heavy atom. The van der Waals surface area contributed by atoms with E-state index in [9.17, 15) is 0 Å². The van der Waals surface area contributed by atoms with Gasteiger partial charge >= 0.3 is 0 Å². The van der Waals surface area contributed by atoms with E-state index in [-0.39, 0.29) is 0 Å². The molecule has 0 atom stereocenters. The molecule has 48 valence electrons. The van der Waals surface area contributed by atoms with Crippen molar-refractivity contribution in [2.24, 2.45) is 0 Å². The van der Waals surface area contributed by atoms with Crippen molar-refractivity contribution in [1.29, 1.82) is 0 Å². The first kappa shape index (κ1) is 8.39. The molecule has 0 unspecified atom stereocenters. The summed E-state index contributed by atoms with van der Waals surface area (Å²) in [5.74, 6) is 0. The van der Waals surface area contributed by atoms with Crippen LogP contribution in [0.4, 0.5) is 0 Å². The molecule has 0 aliphatic carbocycles. The first-order valence-electron chi connectivity index (χ1n) is 2.87. The van der Waals surface area contributed by atoms with Crippen molar-refractivity contribution < 1.29 is 0 Å². The molecule has 0 saturated carbocycles. The fourth-order valence-corrected chi connectivity index (χ4v) is 0.818. The Labute approximate surface area is 61.6 Å². The first-order valence-corrected chi connectivity index (χ1v) is 3.28. The van der Waals surface area contributed by atoms with Gasteiger partial charge in [0, 0.05) is 11.1 Å². The summed E-state index contributed by atoms with van der Waals surface area (Å²) in [5, 5.41) is 2.66. The quantitative estimate of drug-likeness (QED) is 0.321. The molecule has 0 bridgehead atoms. The Kier molecular flexibility index (Phi) is 4.00. The van der Waals surface area contributed by atoms with Gasteiger partial charge in [0.05, 0.1) is 0 Å². The van der Waals surface area contributed by atoms with Crippen molar-refractivity contribution in [2.45, 2.75) is 20.3 Å². The molecule has 0 saturated heterocycles. The van der Waals surface area contributed by atoms with Crippen LogP contribution < -0.4 is 0 Å². The molecule has 0 aromatic heterocycles. The summed E-state index contributed by atoms with van der Waals surface area (Å²) in [5.41, 5.74) is 4.80. The molecular weight excluding hydrogens is 128 g/mol. The van der Waals surface area contributed by atoms with E-state index >= 15 is 0 Å². The third-order valence-corrected chi connectivity index (χ3v) is 1.44. The van der Waals surface area contributed by atoms with Gasteiger partial charge in [0.1, 0.15) is 0 Å². The van der Waals surface area contributed by atoms with Crippen LogP contribution in [0, 0.1) is 0 Å². The van der Waals surface area contributed by atoms with E-state index < -0.39 is 0 Å². The Hall–Kier alpha value is -0.610. The van der Waals surface area contributed by atoms with E-state index in [0.717, 1.165) is 17.6 Å². The summed E-state index contributed by atoms with van der Waals surface area (Å²) < 4.78 is 0. The summed E-state index contributed by atoms with van der Waals surface area (Å²) in [4.78, 5) is 0. The van der Waals surface area contributed by atoms with Crippen LogP contribution in [0.5, 0.6) is 0 Å². The number of rotatable bonds is 2. The third kappa shape index (κ3) is 2.43. The minimum Gasteiger partial charge on any atom is -0.125 e.